The molecule has 1 aromatic carbocycles. The second-order valence-electron chi connectivity index (χ2n) is 3.78. The van der Waals surface area contributed by atoms with Crippen LogP contribution in [0.15, 0.2) is 28.7 Å². The fourth-order valence-corrected chi connectivity index (χ4v) is 2.50. The van der Waals surface area contributed by atoms with Gasteiger partial charge in [0.25, 0.3) is 5.91 Å². The molecule has 0 saturated carbocycles. The molecule has 1 amide bonds. The van der Waals surface area contributed by atoms with E-state index in [0.717, 1.165) is 0 Å². The molecule has 0 spiro atoms. The molecule has 0 atom stereocenters. The van der Waals surface area contributed by atoms with E-state index < -0.39 is 5.91 Å². The number of nitrogen functional groups attached to an aromatic ring is 1. The summed E-state index contributed by atoms with van der Waals surface area (Å²) in [5, 5.41) is 3.32. The maximum Gasteiger partial charge on any atom is 0.255 e. The van der Waals surface area contributed by atoms with Gasteiger partial charge in [0, 0.05) is 10.0 Å². The molecular weight excluding hydrogens is 388 g/mol. The van der Waals surface area contributed by atoms with E-state index in [0.29, 0.717) is 15.2 Å². The number of rotatable bonds is 2. The van der Waals surface area contributed by atoms with Gasteiger partial charge in [-0.3, -0.25) is 4.79 Å². The van der Waals surface area contributed by atoms with E-state index in [2.05, 4.69) is 26.2 Å². The normalized spacial score (nSPS) is 10.4. The predicted octanol–water partition coefficient (Wildman–Crippen LogP) is 4.64. The fourth-order valence-electron chi connectivity index (χ4n) is 1.47. The number of nitrogens with one attached hydrogen (secondary N) is 1. The van der Waals surface area contributed by atoms with Gasteiger partial charge in [-0.1, -0.05) is 34.8 Å². The molecule has 8 heteroatoms. The number of carbonyl (C=O) groups is 1. The highest BCUT2D eigenvalue weighted by Gasteiger charge is 2.13. The Kier molecular flexibility index (Phi) is 4.75. The third kappa shape index (κ3) is 3.35. The van der Waals surface area contributed by atoms with Crippen LogP contribution in [-0.4, -0.2) is 10.9 Å². The summed E-state index contributed by atoms with van der Waals surface area (Å²) in [6, 6.07) is 6.12. The number of aromatic nitrogens is 1. The minimum atomic E-state index is -0.415. The molecule has 0 saturated heterocycles. The summed E-state index contributed by atoms with van der Waals surface area (Å²) in [6.45, 7) is 0. The van der Waals surface area contributed by atoms with Crippen molar-refractivity contribution >= 4 is 68.1 Å². The van der Waals surface area contributed by atoms with Crippen molar-refractivity contribution in [3.63, 3.8) is 0 Å². The third-order valence-electron chi connectivity index (χ3n) is 2.36. The number of pyridine rings is 1. The monoisotopic (exact) mass is 393 g/mol. The van der Waals surface area contributed by atoms with E-state index in [1.165, 1.54) is 12.1 Å². The van der Waals surface area contributed by atoms with Crippen LogP contribution in [0.1, 0.15) is 10.4 Å². The number of halogens is 4. The van der Waals surface area contributed by atoms with Crippen LogP contribution in [0.3, 0.4) is 0 Å². The summed E-state index contributed by atoms with van der Waals surface area (Å²) in [5.74, 6) is -0.260. The van der Waals surface area contributed by atoms with Crippen LogP contribution in [0.25, 0.3) is 0 Å². The Balaban J connectivity index is 2.30. The maximum absolute atomic E-state index is 12.1. The standard InChI is InChI=1S/C12H7BrCl3N3O/c13-6-1-2-7(11(16)10(6)15)18-12(20)5-3-8(14)19-9(17)4-5/h1-4H,(H2,17,19)(H,18,20). The second-order valence-corrected chi connectivity index (χ2v) is 5.78. The van der Waals surface area contributed by atoms with Crippen molar-refractivity contribution < 1.29 is 4.79 Å². The Bertz CT molecular complexity index is 674. The maximum atomic E-state index is 12.1. The van der Waals surface area contributed by atoms with Crippen LogP contribution < -0.4 is 11.1 Å². The van der Waals surface area contributed by atoms with Gasteiger partial charge in [-0.05, 0) is 40.2 Å². The Morgan fingerprint density at radius 1 is 1.20 bits per heavy atom. The zero-order valence-corrected chi connectivity index (χ0v) is 13.6. The van der Waals surface area contributed by atoms with Crippen LogP contribution in [0.5, 0.6) is 0 Å². The Labute approximate surface area is 138 Å². The molecule has 0 bridgehead atoms. The molecule has 4 nitrogen and oxygen atoms in total. The molecule has 0 aliphatic carbocycles. The first-order valence-electron chi connectivity index (χ1n) is 5.26. The Morgan fingerprint density at radius 3 is 2.55 bits per heavy atom. The van der Waals surface area contributed by atoms with Crippen molar-refractivity contribution in [2.45, 2.75) is 0 Å². The molecule has 20 heavy (non-hydrogen) atoms. The lowest BCUT2D eigenvalue weighted by molar-refractivity contribution is 0.102. The molecule has 0 radical (unpaired) electrons. The largest absolute Gasteiger partial charge is 0.384 e. The number of hydrogen-bond acceptors (Lipinski definition) is 3. The van der Waals surface area contributed by atoms with Crippen molar-refractivity contribution in [3.05, 3.63) is 49.5 Å². The minimum absolute atomic E-state index is 0.134. The lowest BCUT2D eigenvalue weighted by atomic mass is 10.2. The van der Waals surface area contributed by atoms with Crippen molar-refractivity contribution in [1.29, 1.82) is 0 Å². The van der Waals surface area contributed by atoms with E-state index >= 15 is 0 Å². The molecular formula is C12H7BrCl3N3O. The first kappa shape index (κ1) is 15.4. The lowest BCUT2D eigenvalue weighted by Gasteiger charge is -2.09. The molecule has 1 aromatic heterocycles. The Morgan fingerprint density at radius 2 is 1.90 bits per heavy atom. The van der Waals surface area contributed by atoms with Gasteiger partial charge >= 0.3 is 0 Å². The molecule has 0 aliphatic heterocycles. The van der Waals surface area contributed by atoms with Gasteiger partial charge in [0.2, 0.25) is 0 Å². The van der Waals surface area contributed by atoms with E-state index in [-0.39, 0.29) is 21.6 Å². The van der Waals surface area contributed by atoms with Crippen LogP contribution >= 0.6 is 50.7 Å². The highest BCUT2D eigenvalue weighted by atomic mass is 79.9. The zero-order valence-electron chi connectivity index (χ0n) is 9.75. The quantitative estimate of drug-likeness (QED) is 0.575. The zero-order chi connectivity index (χ0) is 14.9. The minimum Gasteiger partial charge on any atom is -0.384 e. The summed E-state index contributed by atoms with van der Waals surface area (Å²) < 4.78 is 0.637. The van der Waals surface area contributed by atoms with Crippen LogP contribution in [0, 0.1) is 0 Å². The topological polar surface area (TPSA) is 68.0 Å². The van der Waals surface area contributed by atoms with Gasteiger partial charge in [-0.25, -0.2) is 4.98 Å². The first-order valence-corrected chi connectivity index (χ1v) is 7.19. The van der Waals surface area contributed by atoms with Gasteiger partial charge in [-0.2, -0.15) is 0 Å². The molecule has 104 valence electrons. The fraction of sp³-hybridized carbons (Fsp3) is 0. The highest BCUT2D eigenvalue weighted by Crippen LogP contribution is 2.36. The Hall–Kier alpha value is -1.01. The smallest absolute Gasteiger partial charge is 0.255 e. The number of nitrogens with two attached hydrogens (primary N) is 1. The van der Waals surface area contributed by atoms with Crippen LogP contribution in [0.4, 0.5) is 11.5 Å². The number of anilines is 2. The van der Waals surface area contributed by atoms with Gasteiger partial charge in [0.1, 0.15) is 11.0 Å². The average molecular weight is 395 g/mol. The first-order chi connectivity index (χ1) is 9.38. The molecule has 2 rings (SSSR count). The molecule has 3 N–H and O–H groups in total. The van der Waals surface area contributed by atoms with Gasteiger partial charge < -0.3 is 11.1 Å². The number of hydrogen-bond donors (Lipinski definition) is 2. The van der Waals surface area contributed by atoms with E-state index in [1.54, 1.807) is 12.1 Å². The van der Waals surface area contributed by atoms with Crippen LogP contribution in [-0.2, 0) is 0 Å². The van der Waals surface area contributed by atoms with Crippen molar-refractivity contribution in [2.24, 2.45) is 0 Å². The summed E-state index contributed by atoms with van der Waals surface area (Å²) in [5.41, 5.74) is 6.20. The van der Waals surface area contributed by atoms with E-state index in [1.807, 2.05) is 0 Å². The molecule has 2 aromatic rings. The number of amides is 1. The summed E-state index contributed by atoms with van der Waals surface area (Å²) in [4.78, 5) is 15.9. The third-order valence-corrected chi connectivity index (χ3v) is 4.32. The number of benzene rings is 1. The van der Waals surface area contributed by atoms with E-state index in [4.69, 9.17) is 40.5 Å². The van der Waals surface area contributed by atoms with Crippen LogP contribution in [0.2, 0.25) is 15.2 Å². The SMILES string of the molecule is Nc1cc(C(=O)Nc2ccc(Br)c(Cl)c2Cl)cc(Cl)n1. The average Bonchev–Trinajstić information content (AvgIpc) is 2.38. The number of nitrogens with zero attached hydrogens (tertiary/aromatic N) is 1. The van der Waals surface area contributed by atoms with Crippen molar-refractivity contribution in [2.75, 3.05) is 11.1 Å². The summed E-state index contributed by atoms with van der Waals surface area (Å²) >= 11 is 21.0. The lowest BCUT2D eigenvalue weighted by Crippen LogP contribution is -2.13. The molecule has 0 fully saturated rings. The molecule has 1 heterocycles. The predicted molar refractivity (Wildman–Crippen MR) is 85.8 cm³/mol. The van der Waals surface area contributed by atoms with Gasteiger partial charge in [-0.15, -0.1) is 0 Å². The number of carbonyl (C=O) groups excluding carboxylic acids is 1. The van der Waals surface area contributed by atoms with Gasteiger partial charge in [0.05, 0.1) is 15.7 Å². The molecule has 0 aliphatic rings. The summed E-state index contributed by atoms with van der Waals surface area (Å²) in [7, 11) is 0. The van der Waals surface area contributed by atoms with Crippen molar-refractivity contribution in [3.8, 4) is 0 Å². The van der Waals surface area contributed by atoms with E-state index in [9.17, 15) is 4.79 Å². The summed E-state index contributed by atoms with van der Waals surface area (Å²) in [6.07, 6.45) is 0. The van der Waals surface area contributed by atoms with Gasteiger partial charge in [0.15, 0.2) is 0 Å². The highest BCUT2D eigenvalue weighted by molar-refractivity contribution is 9.10. The molecule has 0 unspecified atom stereocenters. The van der Waals surface area contributed by atoms with Crippen molar-refractivity contribution in [1.82, 2.24) is 4.98 Å². The second kappa shape index (κ2) is 6.18.